The number of hydrogen-bond acceptors (Lipinski definition) is 6. The molecule has 0 aliphatic carbocycles. The summed E-state index contributed by atoms with van der Waals surface area (Å²) in [4.78, 5) is 25.4. The van der Waals surface area contributed by atoms with E-state index in [1.165, 1.54) is 122 Å². The fourth-order valence-electron chi connectivity index (χ4n) is 7.18. The van der Waals surface area contributed by atoms with Gasteiger partial charge in [0.05, 0.1) is 39.9 Å². The van der Waals surface area contributed by atoms with Gasteiger partial charge in [-0.15, -0.1) is 0 Å². The highest BCUT2D eigenvalue weighted by atomic mass is 31.2. The van der Waals surface area contributed by atoms with Gasteiger partial charge in [0.15, 0.2) is 0 Å². The van der Waals surface area contributed by atoms with Crippen LogP contribution in [0, 0.1) is 0 Å². The van der Waals surface area contributed by atoms with Crippen LogP contribution in [0.15, 0.2) is 72.9 Å². The third kappa shape index (κ3) is 47.7. The Morgan fingerprint density at radius 2 is 0.937 bits per heavy atom. The van der Waals surface area contributed by atoms with Gasteiger partial charge >= 0.3 is 0 Å². The molecular formula is C54H99N2O6P. The lowest BCUT2D eigenvalue weighted by molar-refractivity contribution is -0.870. The minimum atomic E-state index is -4.59. The monoisotopic (exact) mass is 903 g/mol. The third-order valence-electron chi connectivity index (χ3n) is 11.2. The first-order valence-electron chi connectivity index (χ1n) is 25.8. The van der Waals surface area contributed by atoms with Gasteiger partial charge in [-0.2, -0.15) is 0 Å². The maximum Gasteiger partial charge on any atom is 0.268 e. The molecule has 3 atom stereocenters. The molecule has 2 N–H and O–H groups in total. The van der Waals surface area contributed by atoms with Gasteiger partial charge in [0.1, 0.15) is 13.2 Å². The van der Waals surface area contributed by atoms with Crippen molar-refractivity contribution in [3.05, 3.63) is 72.9 Å². The highest BCUT2D eigenvalue weighted by molar-refractivity contribution is 7.45. The molecule has 9 heteroatoms. The van der Waals surface area contributed by atoms with Gasteiger partial charge in [-0.3, -0.25) is 9.36 Å². The van der Waals surface area contributed by atoms with E-state index < -0.39 is 20.0 Å². The van der Waals surface area contributed by atoms with E-state index in [1.54, 1.807) is 0 Å². The van der Waals surface area contributed by atoms with Crippen molar-refractivity contribution in [2.75, 3.05) is 40.9 Å². The minimum absolute atomic E-state index is 0.00467. The maximum absolute atomic E-state index is 12.9. The van der Waals surface area contributed by atoms with Gasteiger partial charge < -0.3 is 28.8 Å². The molecule has 0 saturated heterocycles. The number of carbonyl (C=O) groups is 1. The van der Waals surface area contributed by atoms with Crippen molar-refractivity contribution in [3.63, 3.8) is 0 Å². The number of phosphoric ester groups is 1. The van der Waals surface area contributed by atoms with Crippen LogP contribution in [0.4, 0.5) is 0 Å². The number of quaternary nitrogens is 1. The lowest BCUT2D eigenvalue weighted by Gasteiger charge is -2.30. The van der Waals surface area contributed by atoms with Crippen LogP contribution in [0.2, 0.25) is 0 Å². The molecule has 0 radical (unpaired) electrons. The number of carbonyl (C=O) groups excluding carboxylic acids is 1. The van der Waals surface area contributed by atoms with E-state index >= 15 is 0 Å². The summed E-state index contributed by atoms with van der Waals surface area (Å²) in [5.74, 6) is -0.247. The Balaban J connectivity index is 4.37. The lowest BCUT2D eigenvalue weighted by Crippen LogP contribution is -2.46. The molecule has 0 spiro atoms. The zero-order chi connectivity index (χ0) is 46.4. The van der Waals surface area contributed by atoms with E-state index in [9.17, 15) is 19.4 Å². The summed E-state index contributed by atoms with van der Waals surface area (Å²) < 4.78 is 23.3. The van der Waals surface area contributed by atoms with E-state index in [0.717, 1.165) is 57.8 Å². The largest absolute Gasteiger partial charge is 0.756 e. The summed E-state index contributed by atoms with van der Waals surface area (Å²) >= 11 is 0. The van der Waals surface area contributed by atoms with Crippen LogP contribution >= 0.6 is 7.82 Å². The number of nitrogens with one attached hydrogen (secondary N) is 1. The molecule has 1 amide bonds. The fraction of sp³-hybridized carbons (Fsp3) is 0.759. The molecule has 0 aromatic rings. The number of nitrogens with zero attached hydrogens (tertiary/aromatic N) is 1. The van der Waals surface area contributed by atoms with Gasteiger partial charge in [-0.05, 0) is 51.4 Å². The predicted molar refractivity (Wildman–Crippen MR) is 270 cm³/mol. The summed E-state index contributed by atoms with van der Waals surface area (Å²) in [6.07, 6.45) is 60.8. The lowest BCUT2D eigenvalue weighted by atomic mass is 10.0. The van der Waals surface area contributed by atoms with Crippen LogP contribution in [0.25, 0.3) is 0 Å². The second-order valence-corrected chi connectivity index (χ2v) is 19.9. The molecule has 366 valence electrons. The van der Waals surface area contributed by atoms with Crippen molar-refractivity contribution in [3.8, 4) is 0 Å². The molecule has 0 aromatic carbocycles. The second kappa shape index (κ2) is 45.1. The Morgan fingerprint density at radius 3 is 1.32 bits per heavy atom. The zero-order valence-electron chi connectivity index (χ0n) is 41.5. The van der Waals surface area contributed by atoms with E-state index in [-0.39, 0.29) is 25.5 Å². The first-order chi connectivity index (χ1) is 30.5. The summed E-state index contributed by atoms with van der Waals surface area (Å²) in [6, 6.07) is -0.845. The second-order valence-electron chi connectivity index (χ2n) is 18.5. The Bertz CT molecular complexity index is 1250. The molecule has 8 nitrogen and oxygen atoms in total. The van der Waals surface area contributed by atoms with Gasteiger partial charge in [0, 0.05) is 6.42 Å². The zero-order valence-corrected chi connectivity index (χ0v) is 42.4. The molecule has 0 aliphatic heterocycles. The summed E-state index contributed by atoms with van der Waals surface area (Å²) in [5, 5.41) is 13.9. The predicted octanol–water partition coefficient (Wildman–Crippen LogP) is 14.5. The topological polar surface area (TPSA) is 108 Å². The molecule has 0 aromatic heterocycles. The van der Waals surface area contributed by atoms with Crippen molar-refractivity contribution < 1.29 is 32.9 Å². The van der Waals surface area contributed by atoms with Gasteiger partial charge in [0.25, 0.3) is 7.82 Å². The average molecular weight is 903 g/mol. The van der Waals surface area contributed by atoms with Gasteiger partial charge in [0.2, 0.25) is 5.91 Å². The number of allylic oxidation sites excluding steroid dienone is 12. The number of likely N-dealkylation sites (N-methyl/N-ethyl adjacent to an activating group) is 1. The summed E-state index contributed by atoms with van der Waals surface area (Å²) in [6.45, 7) is 4.55. The minimum Gasteiger partial charge on any atom is -0.756 e. The smallest absolute Gasteiger partial charge is 0.268 e. The van der Waals surface area contributed by atoms with Crippen molar-refractivity contribution >= 4 is 13.7 Å². The number of unbranched alkanes of at least 4 members (excludes halogenated alkanes) is 21. The maximum atomic E-state index is 12.9. The summed E-state index contributed by atoms with van der Waals surface area (Å²) in [7, 11) is 1.25. The van der Waals surface area contributed by atoms with E-state index in [1.807, 2.05) is 33.3 Å². The quantitative estimate of drug-likeness (QED) is 0.0273. The molecule has 0 aliphatic rings. The Morgan fingerprint density at radius 1 is 0.571 bits per heavy atom. The number of aliphatic hydroxyl groups is 1. The van der Waals surface area contributed by atoms with Crippen molar-refractivity contribution in [2.45, 2.75) is 225 Å². The van der Waals surface area contributed by atoms with Crippen LogP contribution in [-0.2, 0) is 18.4 Å². The Hall–Kier alpha value is -2.06. The van der Waals surface area contributed by atoms with Crippen LogP contribution in [0.1, 0.15) is 213 Å². The van der Waals surface area contributed by atoms with Crippen molar-refractivity contribution in [1.82, 2.24) is 5.32 Å². The molecule has 3 unspecified atom stereocenters. The number of hydrogen-bond donors (Lipinski definition) is 2. The van der Waals surface area contributed by atoms with E-state index in [2.05, 4.69) is 79.9 Å². The molecule has 0 rings (SSSR count). The standard InChI is InChI=1S/C54H99N2O6P/c1-6-8-10-12-14-16-18-20-22-24-26-27-28-30-31-33-35-37-39-41-43-45-47-53(57)52(51-62-63(59,60)61-50-49-56(3,4)5)55-54(58)48-46-44-42-40-38-36-34-32-29-25-23-21-19-17-15-13-11-9-7-2/h9,11,15,17,21,23,29,32,36,38,42,44,52-53,57H,6-8,10,12-14,16,18-20,22,24-28,30-31,33-35,37,39-41,43,45-51H2,1-5H3,(H-,55,58,59,60)/b11-9-,17-15-,23-21-,32-29-,38-36-,44-42-. The van der Waals surface area contributed by atoms with Crippen LogP contribution < -0.4 is 10.2 Å². The number of phosphoric acid groups is 1. The van der Waals surface area contributed by atoms with Crippen molar-refractivity contribution in [1.29, 1.82) is 0 Å². The Kier molecular flexibility index (Phi) is 43.6. The fourth-order valence-corrected chi connectivity index (χ4v) is 7.90. The highest BCUT2D eigenvalue weighted by Crippen LogP contribution is 2.38. The van der Waals surface area contributed by atoms with Crippen molar-refractivity contribution in [2.24, 2.45) is 0 Å². The number of aliphatic hydroxyl groups excluding tert-OH is 1. The first-order valence-corrected chi connectivity index (χ1v) is 27.2. The van der Waals surface area contributed by atoms with Gasteiger partial charge in [-0.1, -0.05) is 228 Å². The third-order valence-corrected chi connectivity index (χ3v) is 12.2. The van der Waals surface area contributed by atoms with Crippen LogP contribution in [0.5, 0.6) is 0 Å². The molecule has 0 bridgehead atoms. The number of rotatable bonds is 46. The first kappa shape index (κ1) is 60.9. The van der Waals surface area contributed by atoms with Gasteiger partial charge in [-0.25, -0.2) is 0 Å². The average Bonchev–Trinajstić information content (AvgIpc) is 3.24. The van der Waals surface area contributed by atoms with E-state index in [0.29, 0.717) is 23.9 Å². The molecule has 63 heavy (non-hydrogen) atoms. The molecule has 0 saturated carbocycles. The molecule has 0 heterocycles. The highest BCUT2D eigenvalue weighted by Gasteiger charge is 2.24. The summed E-state index contributed by atoms with van der Waals surface area (Å²) in [5.41, 5.74) is 0. The van der Waals surface area contributed by atoms with Crippen LogP contribution in [0.3, 0.4) is 0 Å². The molecule has 0 fully saturated rings. The Labute approximate surface area is 389 Å². The normalized spacial score (nSPS) is 14.7. The van der Waals surface area contributed by atoms with E-state index in [4.69, 9.17) is 9.05 Å². The SMILES string of the molecule is CC/C=C\C/C=C\C/C=C\C/C=C\C/C=C\C/C=C\CCC(=O)NC(COP(=O)([O-])OCC[N+](C)(C)C)C(O)CCCCCCCCCCCCCCCCCCCCCCCC. The number of amides is 1. The van der Waals surface area contributed by atoms with Crippen LogP contribution in [-0.4, -0.2) is 68.5 Å². The molecular weight excluding hydrogens is 804 g/mol.